The van der Waals surface area contributed by atoms with Gasteiger partial charge in [-0.1, -0.05) is 6.07 Å². The summed E-state index contributed by atoms with van der Waals surface area (Å²) in [6, 6.07) is 10.4. The van der Waals surface area contributed by atoms with Gasteiger partial charge < -0.3 is 10.6 Å². The van der Waals surface area contributed by atoms with Crippen molar-refractivity contribution in [2.24, 2.45) is 0 Å². The normalized spacial score (nSPS) is 11.0. The van der Waals surface area contributed by atoms with E-state index in [0.717, 1.165) is 6.26 Å². The number of sulfone groups is 1. The Kier molecular flexibility index (Phi) is 5.38. The summed E-state index contributed by atoms with van der Waals surface area (Å²) in [5.74, 6) is -0.363. The predicted molar refractivity (Wildman–Crippen MR) is 94.5 cm³/mol. The summed E-state index contributed by atoms with van der Waals surface area (Å²) in [7, 11) is -3.29. The van der Waals surface area contributed by atoms with E-state index in [-0.39, 0.29) is 23.0 Å². The number of carbonyl (C=O) groups excluding carboxylic acids is 1. The number of hydrogen-bond acceptors (Lipinski definition) is 6. The van der Waals surface area contributed by atoms with Gasteiger partial charge in [-0.3, -0.25) is 14.9 Å². The standard InChI is InChI=1S/C16H17N3O5S/c1-11-14(4-3-5-15(11)19(21)22)17-10-16(20)18-12-6-8-13(9-7-12)25(2,23)24/h3-9,17H,10H2,1-2H3,(H,18,20). The van der Waals surface area contributed by atoms with E-state index in [1.807, 2.05) is 0 Å². The maximum absolute atomic E-state index is 12.0. The van der Waals surface area contributed by atoms with Crippen molar-refractivity contribution in [2.75, 3.05) is 23.4 Å². The van der Waals surface area contributed by atoms with Crippen molar-refractivity contribution in [3.05, 3.63) is 58.1 Å². The van der Waals surface area contributed by atoms with E-state index < -0.39 is 14.8 Å². The summed E-state index contributed by atoms with van der Waals surface area (Å²) in [4.78, 5) is 22.6. The molecule has 1 amide bonds. The first-order valence-corrected chi connectivity index (χ1v) is 9.15. The van der Waals surface area contributed by atoms with Crippen molar-refractivity contribution in [1.82, 2.24) is 0 Å². The molecule has 8 nitrogen and oxygen atoms in total. The molecule has 132 valence electrons. The number of carbonyl (C=O) groups is 1. The second kappa shape index (κ2) is 7.31. The fourth-order valence-corrected chi connectivity index (χ4v) is 2.81. The third-order valence-corrected chi connectivity index (χ3v) is 4.64. The molecular formula is C16H17N3O5S. The maximum atomic E-state index is 12.0. The maximum Gasteiger partial charge on any atom is 0.274 e. The largest absolute Gasteiger partial charge is 0.376 e. The molecule has 0 radical (unpaired) electrons. The van der Waals surface area contributed by atoms with Gasteiger partial charge in [0.15, 0.2) is 9.84 Å². The summed E-state index contributed by atoms with van der Waals surface area (Å²) < 4.78 is 22.8. The number of nitrogens with zero attached hydrogens (tertiary/aromatic N) is 1. The highest BCUT2D eigenvalue weighted by Crippen LogP contribution is 2.24. The quantitative estimate of drug-likeness (QED) is 0.601. The van der Waals surface area contributed by atoms with Gasteiger partial charge in [0.25, 0.3) is 5.69 Å². The average molecular weight is 363 g/mol. The molecule has 9 heteroatoms. The fraction of sp³-hybridized carbons (Fsp3) is 0.188. The molecule has 0 unspecified atom stereocenters. The van der Waals surface area contributed by atoms with Crippen LogP contribution in [0.1, 0.15) is 5.56 Å². The SMILES string of the molecule is Cc1c(NCC(=O)Nc2ccc(S(C)(=O)=O)cc2)cccc1[N+](=O)[O-]. The van der Waals surface area contributed by atoms with E-state index in [1.165, 1.54) is 36.4 Å². The van der Waals surface area contributed by atoms with Crippen molar-refractivity contribution in [2.45, 2.75) is 11.8 Å². The number of nitro groups is 1. The summed E-state index contributed by atoms with van der Waals surface area (Å²) >= 11 is 0. The van der Waals surface area contributed by atoms with E-state index in [0.29, 0.717) is 16.9 Å². The Morgan fingerprint density at radius 3 is 2.36 bits per heavy atom. The van der Waals surface area contributed by atoms with Crippen molar-refractivity contribution in [1.29, 1.82) is 0 Å². The zero-order chi connectivity index (χ0) is 18.6. The number of amides is 1. The van der Waals surface area contributed by atoms with Gasteiger partial charge >= 0.3 is 0 Å². The Morgan fingerprint density at radius 2 is 1.80 bits per heavy atom. The molecule has 2 aromatic rings. The molecule has 2 rings (SSSR count). The van der Waals surface area contributed by atoms with E-state index in [9.17, 15) is 23.3 Å². The molecule has 0 aliphatic rings. The van der Waals surface area contributed by atoms with E-state index in [4.69, 9.17) is 0 Å². The number of nitro benzene ring substituents is 1. The van der Waals surface area contributed by atoms with Crippen LogP contribution in [0.4, 0.5) is 17.1 Å². The molecule has 0 atom stereocenters. The summed E-state index contributed by atoms with van der Waals surface area (Å²) in [5.41, 5.74) is 1.37. The molecule has 0 aromatic heterocycles. The van der Waals surface area contributed by atoms with Gasteiger partial charge in [-0.15, -0.1) is 0 Å². The van der Waals surface area contributed by atoms with Gasteiger partial charge in [-0.2, -0.15) is 0 Å². The van der Waals surface area contributed by atoms with Crippen LogP contribution in [0.3, 0.4) is 0 Å². The molecule has 0 spiro atoms. The Hall–Kier alpha value is -2.94. The topological polar surface area (TPSA) is 118 Å². The van der Waals surface area contributed by atoms with Crippen LogP contribution in [-0.4, -0.2) is 32.0 Å². The molecule has 0 saturated carbocycles. The third kappa shape index (κ3) is 4.77. The van der Waals surface area contributed by atoms with Crippen molar-refractivity contribution in [3.63, 3.8) is 0 Å². The van der Waals surface area contributed by atoms with E-state index in [2.05, 4.69) is 10.6 Å². The first-order valence-electron chi connectivity index (χ1n) is 7.26. The minimum absolute atomic E-state index is 0.0261. The van der Waals surface area contributed by atoms with Crippen molar-refractivity contribution >= 4 is 32.8 Å². The molecule has 0 aliphatic carbocycles. The molecule has 2 aromatic carbocycles. The molecule has 0 bridgehead atoms. The van der Waals surface area contributed by atoms with Crippen LogP contribution in [0.2, 0.25) is 0 Å². The summed E-state index contributed by atoms with van der Waals surface area (Å²) in [6.45, 7) is 1.51. The number of anilines is 2. The summed E-state index contributed by atoms with van der Waals surface area (Å²) in [5, 5.41) is 16.4. The Labute approximate surface area is 144 Å². The molecular weight excluding hydrogens is 346 g/mol. The summed E-state index contributed by atoms with van der Waals surface area (Å²) in [6.07, 6.45) is 1.10. The predicted octanol–water partition coefficient (Wildman–Crippen LogP) is 2.36. The lowest BCUT2D eigenvalue weighted by molar-refractivity contribution is -0.385. The van der Waals surface area contributed by atoms with Crippen LogP contribution in [0.25, 0.3) is 0 Å². The highest BCUT2D eigenvalue weighted by molar-refractivity contribution is 7.90. The van der Waals surface area contributed by atoms with Crippen molar-refractivity contribution < 1.29 is 18.1 Å². The number of rotatable bonds is 6. The lowest BCUT2D eigenvalue weighted by Gasteiger charge is -2.10. The average Bonchev–Trinajstić information content (AvgIpc) is 2.53. The highest BCUT2D eigenvalue weighted by Gasteiger charge is 2.14. The highest BCUT2D eigenvalue weighted by atomic mass is 32.2. The molecule has 25 heavy (non-hydrogen) atoms. The minimum atomic E-state index is -3.29. The van der Waals surface area contributed by atoms with Gasteiger partial charge in [-0.25, -0.2) is 8.42 Å². The molecule has 0 fully saturated rings. The smallest absolute Gasteiger partial charge is 0.274 e. The monoisotopic (exact) mass is 363 g/mol. The van der Waals surface area contributed by atoms with Crippen molar-refractivity contribution in [3.8, 4) is 0 Å². The van der Waals surface area contributed by atoms with E-state index in [1.54, 1.807) is 13.0 Å². The van der Waals surface area contributed by atoms with Crippen LogP contribution >= 0.6 is 0 Å². The van der Waals surface area contributed by atoms with Crippen LogP contribution in [0, 0.1) is 17.0 Å². The minimum Gasteiger partial charge on any atom is -0.376 e. The van der Waals surface area contributed by atoms with Crippen LogP contribution in [0.15, 0.2) is 47.4 Å². The second-order valence-electron chi connectivity index (χ2n) is 5.41. The Morgan fingerprint density at radius 1 is 1.16 bits per heavy atom. The first kappa shape index (κ1) is 18.4. The lowest BCUT2D eigenvalue weighted by atomic mass is 10.1. The fourth-order valence-electron chi connectivity index (χ4n) is 2.18. The van der Waals surface area contributed by atoms with Gasteiger partial charge in [-0.05, 0) is 37.3 Å². The molecule has 0 saturated heterocycles. The number of hydrogen-bond donors (Lipinski definition) is 2. The second-order valence-corrected chi connectivity index (χ2v) is 7.42. The first-order chi connectivity index (χ1) is 11.7. The van der Waals surface area contributed by atoms with E-state index >= 15 is 0 Å². The van der Waals surface area contributed by atoms with Crippen LogP contribution < -0.4 is 10.6 Å². The molecule has 2 N–H and O–H groups in total. The third-order valence-electron chi connectivity index (χ3n) is 3.51. The Balaban J connectivity index is 2.00. The zero-order valence-corrected chi connectivity index (χ0v) is 14.5. The molecule has 0 aliphatic heterocycles. The van der Waals surface area contributed by atoms with Gasteiger partial charge in [0.2, 0.25) is 5.91 Å². The zero-order valence-electron chi connectivity index (χ0n) is 13.6. The van der Waals surface area contributed by atoms with Gasteiger partial charge in [0.05, 0.1) is 16.4 Å². The van der Waals surface area contributed by atoms with Gasteiger partial charge in [0, 0.05) is 29.3 Å². The lowest BCUT2D eigenvalue weighted by Crippen LogP contribution is -2.22. The molecule has 0 heterocycles. The number of nitrogens with one attached hydrogen (secondary N) is 2. The van der Waals surface area contributed by atoms with Crippen LogP contribution in [-0.2, 0) is 14.6 Å². The van der Waals surface area contributed by atoms with Crippen LogP contribution in [0.5, 0.6) is 0 Å². The Bertz CT molecular complexity index is 908. The van der Waals surface area contributed by atoms with Gasteiger partial charge in [0.1, 0.15) is 0 Å². The number of benzene rings is 2.